The van der Waals surface area contributed by atoms with Gasteiger partial charge in [-0.25, -0.2) is 0 Å². The van der Waals surface area contributed by atoms with Crippen molar-refractivity contribution in [2.24, 2.45) is 0 Å². The van der Waals surface area contributed by atoms with Gasteiger partial charge in [0.1, 0.15) is 5.75 Å². The first-order chi connectivity index (χ1) is 13.2. The molecule has 1 heterocycles. The van der Waals surface area contributed by atoms with E-state index in [1.54, 1.807) is 13.0 Å². The quantitative estimate of drug-likeness (QED) is 0.853. The van der Waals surface area contributed by atoms with Crippen LogP contribution in [0.2, 0.25) is 0 Å². The molecule has 0 aliphatic carbocycles. The number of halogens is 3. The van der Waals surface area contributed by atoms with Crippen molar-refractivity contribution in [3.8, 4) is 5.75 Å². The molecule has 3 rings (SSSR count). The number of benzene rings is 2. The summed E-state index contributed by atoms with van der Waals surface area (Å²) in [6.45, 7) is 2.36. The third-order valence-electron chi connectivity index (χ3n) is 4.70. The van der Waals surface area contributed by atoms with Crippen molar-refractivity contribution >= 4 is 11.8 Å². The number of hydrogen-bond acceptors (Lipinski definition) is 3. The van der Waals surface area contributed by atoms with Gasteiger partial charge in [0.25, 0.3) is 11.8 Å². The zero-order valence-electron chi connectivity index (χ0n) is 15.2. The van der Waals surface area contributed by atoms with E-state index in [9.17, 15) is 27.9 Å². The molecular weight excluding hydrogens is 373 g/mol. The Hall–Kier alpha value is -3.03. The van der Waals surface area contributed by atoms with E-state index in [4.69, 9.17) is 0 Å². The average molecular weight is 392 g/mol. The lowest BCUT2D eigenvalue weighted by Gasteiger charge is -2.35. The molecule has 2 amide bonds. The predicted octanol–water partition coefficient (Wildman–Crippen LogP) is 3.32. The van der Waals surface area contributed by atoms with E-state index in [1.165, 1.54) is 34.1 Å². The Morgan fingerprint density at radius 3 is 1.96 bits per heavy atom. The summed E-state index contributed by atoms with van der Waals surface area (Å²) in [5, 5.41) is 9.97. The number of hydrogen-bond donors (Lipinski definition) is 1. The Morgan fingerprint density at radius 1 is 0.893 bits per heavy atom. The van der Waals surface area contributed by atoms with Gasteiger partial charge in [0.15, 0.2) is 0 Å². The van der Waals surface area contributed by atoms with E-state index in [2.05, 4.69) is 0 Å². The number of aromatic hydroxyl groups is 1. The summed E-state index contributed by atoms with van der Waals surface area (Å²) in [6, 6.07) is 9.40. The molecule has 0 aromatic heterocycles. The third kappa shape index (κ3) is 3.95. The summed E-state index contributed by atoms with van der Waals surface area (Å²) in [5.41, 5.74) is -0.394. The van der Waals surface area contributed by atoms with E-state index in [0.717, 1.165) is 17.7 Å². The number of phenols is 1. The van der Waals surface area contributed by atoms with E-state index < -0.39 is 23.2 Å². The van der Waals surface area contributed by atoms with Gasteiger partial charge in [-0.3, -0.25) is 9.59 Å². The molecule has 1 aliphatic rings. The van der Waals surface area contributed by atoms with Crippen LogP contribution in [0, 0.1) is 6.92 Å². The molecule has 148 valence electrons. The van der Waals surface area contributed by atoms with Crippen molar-refractivity contribution in [2.45, 2.75) is 13.1 Å². The average Bonchev–Trinajstić information content (AvgIpc) is 2.66. The third-order valence-corrected chi connectivity index (χ3v) is 4.70. The minimum absolute atomic E-state index is 0.114. The van der Waals surface area contributed by atoms with E-state index >= 15 is 0 Å². The Morgan fingerprint density at radius 2 is 1.43 bits per heavy atom. The standard InChI is InChI=1S/C20H19F3N2O3/c1-13-6-7-15(17(26)12-13)19(28)25-10-8-24(9-11-25)18(27)14-4-2-3-5-16(14)20(21,22)23/h2-7,12,26H,8-11H2,1H3. The molecular formula is C20H19F3N2O3. The van der Waals surface area contributed by atoms with Gasteiger partial charge >= 0.3 is 6.18 Å². The number of aryl methyl sites for hydroxylation is 1. The summed E-state index contributed by atoms with van der Waals surface area (Å²) in [5.74, 6) is -1.21. The zero-order valence-corrected chi connectivity index (χ0v) is 15.2. The second-order valence-electron chi connectivity index (χ2n) is 6.65. The Bertz CT molecular complexity index is 904. The Labute approximate surface area is 160 Å². The molecule has 0 saturated carbocycles. The van der Waals surface area contributed by atoms with Gasteiger partial charge in [0.05, 0.1) is 16.7 Å². The largest absolute Gasteiger partial charge is 0.507 e. The van der Waals surface area contributed by atoms with Crippen LogP contribution in [0.4, 0.5) is 13.2 Å². The van der Waals surface area contributed by atoms with Crippen LogP contribution in [0.1, 0.15) is 31.8 Å². The molecule has 1 N–H and O–H groups in total. The summed E-state index contributed by atoms with van der Waals surface area (Å²) < 4.78 is 39.5. The van der Waals surface area contributed by atoms with Crippen molar-refractivity contribution in [1.29, 1.82) is 0 Å². The summed E-state index contributed by atoms with van der Waals surface area (Å²) >= 11 is 0. The molecule has 0 unspecified atom stereocenters. The highest BCUT2D eigenvalue weighted by Crippen LogP contribution is 2.32. The minimum atomic E-state index is -4.62. The molecule has 8 heteroatoms. The van der Waals surface area contributed by atoms with E-state index in [0.29, 0.717) is 0 Å². The summed E-state index contributed by atoms with van der Waals surface area (Å²) in [6.07, 6.45) is -4.62. The van der Waals surface area contributed by atoms with Crippen LogP contribution in [0.3, 0.4) is 0 Å². The second kappa shape index (κ2) is 7.53. The molecule has 2 aromatic rings. The maximum Gasteiger partial charge on any atom is 0.417 e. The fourth-order valence-electron chi connectivity index (χ4n) is 3.19. The second-order valence-corrected chi connectivity index (χ2v) is 6.65. The van der Waals surface area contributed by atoms with E-state index in [-0.39, 0.29) is 43.4 Å². The Kier molecular flexibility index (Phi) is 5.31. The lowest BCUT2D eigenvalue weighted by Crippen LogP contribution is -2.50. The van der Waals surface area contributed by atoms with Gasteiger partial charge in [0, 0.05) is 26.2 Å². The van der Waals surface area contributed by atoms with Crippen LogP contribution in [0.25, 0.3) is 0 Å². The van der Waals surface area contributed by atoms with Crippen LogP contribution >= 0.6 is 0 Å². The predicted molar refractivity (Wildman–Crippen MR) is 96.1 cm³/mol. The number of rotatable bonds is 2. The number of piperazine rings is 1. The highest BCUT2D eigenvalue weighted by molar-refractivity contribution is 5.98. The van der Waals surface area contributed by atoms with Crippen LogP contribution < -0.4 is 0 Å². The van der Waals surface area contributed by atoms with Crippen LogP contribution in [-0.2, 0) is 6.18 Å². The maximum atomic E-state index is 13.2. The molecule has 0 radical (unpaired) electrons. The molecule has 0 bridgehead atoms. The highest BCUT2D eigenvalue weighted by atomic mass is 19.4. The number of alkyl halides is 3. The first-order valence-electron chi connectivity index (χ1n) is 8.73. The Balaban J connectivity index is 1.71. The lowest BCUT2D eigenvalue weighted by atomic mass is 10.1. The van der Waals surface area contributed by atoms with Crippen LogP contribution in [0.15, 0.2) is 42.5 Å². The van der Waals surface area contributed by atoms with Crippen molar-refractivity contribution in [3.05, 3.63) is 64.7 Å². The van der Waals surface area contributed by atoms with Crippen molar-refractivity contribution in [2.75, 3.05) is 26.2 Å². The van der Waals surface area contributed by atoms with Gasteiger partial charge in [-0.05, 0) is 36.8 Å². The van der Waals surface area contributed by atoms with Crippen LogP contribution in [-0.4, -0.2) is 52.9 Å². The molecule has 28 heavy (non-hydrogen) atoms. The maximum absolute atomic E-state index is 13.2. The summed E-state index contributed by atoms with van der Waals surface area (Å²) in [7, 11) is 0. The number of nitrogens with zero attached hydrogens (tertiary/aromatic N) is 2. The number of amides is 2. The molecule has 1 fully saturated rings. The molecule has 1 aliphatic heterocycles. The summed E-state index contributed by atoms with van der Waals surface area (Å²) in [4.78, 5) is 28.0. The first kappa shape index (κ1) is 19.7. The molecule has 0 spiro atoms. The van der Waals surface area contributed by atoms with Crippen molar-refractivity contribution < 1.29 is 27.9 Å². The molecule has 5 nitrogen and oxygen atoms in total. The van der Waals surface area contributed by atoms with Gasteiger partial charge in [-0.2, -0.15) is 13.2 Å². The monoisotopic (exact) mass is 392 g/mol. The smallest absolute Gasteiger partial charge is 0.417 e. The molecule has 2 aromatic carbocycles. The number of carbonyl (C=O) groups excluding carboxylic acids is 2. The van der Waals surface area contributed by atoms with Gasteiger partial charge < -0.3 is 14.9 Å². The first-order valence-corrected chi connectivity index (χ1v) is 8.73. The van der Waals surface area contributed by atoms with Crippen molar-refractivity contribution in [3.63, 3.8) is 0 Å². The molecule has 0 atom stereocenters. The SMILES string of the molecule is Cc1ccc(C(=O)N2CCN(C(=O)c3ccccc3C(F)(F)F)CC2)c(O)c1. The fraction of sp³-hybridized carbons (Fsp3) is 0.300. The highest BCUT2D eigenvalue weighted by Gasteiger charge is 2.36. The zero-order chi connectivity index (χ0) is 20.5. The van der Waals surface area contributed by atoms with Crippen LogP contribution in [0.5, 0.6) is 5.75 Å². The van der Waals surface area contributed by atoms with Gasteiger partial charge in [0.2, 0.25) is 0 Å². The topological polar surface area (TPSA) is 60.9 Å². The molecule has 1 saturated heterocycles. The fourth-order valence-corrected chi connectivity index (χ4v) is 3.19. The lowest BCUT2D eigenvalue weighted by molar-refractivity contribution is -0.138. The number of carbonyl (C=O) groups is 2. The van der Waals surface area contributed by atoms with Gasteiger partial charge in [-0.1, -0.05) is 18.2 Å². The van der Waals surface area contributed by atoms with E-state index in [1.807, 2.05) is 0 Å². The van der Waals surface area contributed by atoms with Gasteiger partial charge in [-0.15, -0.1) is 0 Å². The van der Waals surface area contributed by atoms with Crippen molar-refractivity contribution in [1.82, 2.24) is 9.80 Å². The minimum Gasteiger partial charge on any atom is -0.507 e. The number of phenolic OH excluding ortho intramolecular Hbond substituents is 1. The normalized spacial score (nSPS) is 14.9.